The molecule has 18 heavy (non-hydrogen) atoms. The molecule has 0 aliphatic rings. The van der Waals surface area contributed by atoms with Crippen LogP contribution in [0.25, 0.3) is 5.69 Å². The van der Waals surface area contributed by atoms with Gasteiger partial charge in [0.05, 0.1) is 6.61 Å². The van der Waals surface area contributed by atoms with Gasteiger partial charge in [-0.15, -0.1) is 0 Å². The summed E-state index contributed by atoms with van der Waals surface area (Å²) in [5.41, 5.74) is 1.48. The molecule has 0 amide bonds. The van der Waals surface area contributed by atoms with E-state index in [1.807, 2.05) is 31.2 Å². The van der Waals surface area contributed by atoms with Gasteiger partial charge in [-0.25, -0.2) is 0 Å². The average molecular weight is 244 g/mol. The monoisotopic (exact) mass is 244 g/mol. The lowest BCUT2D eigenvalue weighted by Crippen LogP contribution is -2.16. The van der Waals surface area contributed by atoms with Gasteiger partial charge in [0, 0.05) is 19.3 Å². The lowest BCUT2D eigenvalue weighted by Gasteiger charge is -2.08. The van der Waals surface area contributed by atoms with E-state index in [0.717, 1.165) is 17.0 Å². The number of aromatic nitrogens is 1. The van der Waals surface area contributed by atoms with Crippen molar-refractivity contribution in [1.29, 1.82) is 0 Å². The molecule has 1 aromatic heterocycles. The Balaban J connectivity index is 2.40. The van der Waals surface area contributed by atoms with Crippen LogP contribution in [0.15, 0.2) is 47.4 Å². The Morgan fingerprint density at radius 3 is 2.50 bits per heavy atom. The summed E-state index contributed by atoms with van der Waals surface area (Å²) >= 11 is 0. The molecule has 0 bridgehead atoms. The third-order valence-corrected chi connectivity index (χ3v) is 2.69. The molecule has 1 aromatic carbocycles. The highest BCUT2D eigenvalue weighted by Gasteiger charge is 2.01. The van der Waals surface area contributed by atoms with E-state index in [-0.39, 0.29) is 12.0 Å². The van der Waals surface area contributed by atoms with Crippen LogP contribution in [0.1, 0.15) is 20.8 Å². The van der Waals surface area contributed by atoms with Crippen LogP contribution in [0.2, 0.25) is 0 Å². The molecule has 1 heterocycles. The van der Waals surface area contributed by atoms with Crippen molar-refractivity contribution >= 4 is 0 Å². The van der Waals surface area contributed by atoms with Gasteiger partial charge in [0.25, 0.3) is 5.56 Å². The number of hydrogen-bond acceptors (Lipinski definition) is 2. The second-order valence-electron chi connectivity index (χ2n) is 3.89. The summed E-state index contributed by atoms with van der Waals surface area (Å²) in [6.07, 6.45) is 1.37. The van der Waals surface area contributed by atoms with E-state index < -0.39 is 0 Å². The van der Waals surface area contributed by atoms with Crippen LogP contribution in [0.4, 0.5) is 0 Å². The fourth-order valence-corrected chi connectivity index (χ4v) is 1.75. The Morgan fingerprint density at radius 2 is 1.89 bits per heavy atom. The molecule has 0 spiro atoms. The predicted molar refractivity (Wildman–Crippen MR) is 72.6 cm³/mol. The summed E-state index contributed by atoms with van der Waals surface area (Å²) in [6.45, 7) is 4.32. The number of hydrogen-bond donors (Lipinski definition) is 0. The molecule has 3 nitrogen and oxygen atoms in total. The second kappa shape index (κ2) is 5.54. The standard InChI is InChI=1S/C15H17NO2/c1-3-12-5-10-15(17)16(11-12)13-6-8-14(9-7-13)18-4-2/h5-11H,3-4H2,1-2H3/i3D. The molecule has 1 unspecified atom stereocenters. The van der Waals surface area contributed by atoms with Gasteiger partial charge in [-0.05, 0) is 43.1 Å². The fraction of sp³-hybridized carbons (Fsp3) is 0.267. The molecule has 0 saturated carbocycles. The Morgan fingerprint density at radius 1 is 1.17 bits per heavy atom. The third kappa shape index (κ3) is 2.62. The maximum absolute atomic E-state index is 11.9. The van der Waals surface area contributed by atoms with Gasteiger partial charge in [0.1, 0.15) is 5.75 Å². The van der Waals surface area contributed by atoms with Crippen molar-refractivity contribution in [3.05, 3.63) is 58.5 Å². The summed E-state index contributed by atoms with van der Waals surface area (Å²) < 4.78 is 14.6. The lowest BCUT2D eigenvalue weighted by molar-refractivity contribution is 0.340. The number of aryl methyl sites for hydroxylation is 1. The van der Waals surface area contributed by atoms with Crippen molar-refractivity contribution in [2.45, 2.75) is 20.2 Å². The van der Waals surface area contributed by atoms with Crippen LogP contribution in [-0.4, -0.2) is 11.2 Å². The molecule has 3 heteroatoms. The van der Waals surface area contributed by atoms with Crippen molar-refractivity contribution in [2.75, 3.05) is 6.61 Å². The number of ether oxygens (including phenoxy) is 1. The van der Waals surface area contributed by atoms with Crippen molar-refractivity contribution in [1.82, 2.24) is 4.57 Å². The van der Waals surface area contributed by atoms with Gasteiger partial charge in [-0.3, -0.25) is 9.36 Å². The maximum Gasteiger partial charge on any atom is 0.255 e. The number of benzene rings is 1. The van der Waals surface area contributed by atoms with Crippen LogP contribution in [0.5, 0.6) is 5.75 Å². The lowest BCUT2D eigenvalue weighted by atomic mass is 10.2. The molecular formula is C15H17NO2. The highest BCUT2D eigenvalue weighted by molar-refractivity contribution is 5.38. The molecule has 94 valence electrons. The van der Waals surface area contributed by atoms with E-state index in [4.69, 9.17) is 6.11 Å². The topological polar surface area (TPSA) is 31.2 Å². The van der Waals surface area contributed by atoms with Gasteiger partial charge in [-0.2, -0.15) is 0 Å². The van der Waals surface area contributed by atoms with E-state index in [0.29, 0.717) is 6.61 Å². The van der Waals surface area contributed by atoms with Gasteiger partial charge in [0.15, 0.2) is 0 Å². The Bertz CT molecular complexity index is 602. The smallest absolute Gasteiger partial charge is 0.255 e. The Labute approximate surface area is 108 Å². The summed E-state index contributed by atoms with van der Waals surface area (Å²) in [7, 11) is 0. The van der Waals surface area contributed by atoms with Gasteiger partial charge < -0.3 is 4.74 Å². The summed E-state index contributed by atoms with van der Waals surface area (Å²) in [4.78, 5) is 11.9. The van der Waals surface area contributed by atoms with E-state index in [9.17, 15) is 4.79 Å². The van der Waals surface area contributed by atoms with Crippen LogP contribution in [0, 0.1) is 0 Å². The van der Waals surface area contributed by atoms with Gasteiger partial charge in [-0.1, -0.05) is 13.0 Å². The minimum atomic E-state index is -0.352. The highest BCUT2D eigenvalue weighted by Crippen LogP contribution is 2.14. The third-order valence-electron chi connectivity index (χ3n) is 2.69. The maximum atomic E-state index is 11.9. The summed E-state index contributed by atoms with van der Waals surface area (Å²) in [6, 6.07) is 10.5. The van der Waals surface area contributed by atoms with E-state index in [1.54, 1.807) is 23.8 Å². The average Bonchev–Trinajstić information content (AvgIpc) is 2.40. The Hall–Kier alpha value is -2.03. The fourth-order valence-electron chi connectivity index (χ4n) is 1.75. The van der Waals surface area contributed by atoms with Crippen LogP contribution < -0.4 is 10.3 Å². The van der Waals surface area contributed by atoms with Gasteiger partial charge >= 0.3 is 0 Å². The number of pyridine rings is 1. The first-order valence-corrected chi connectivity index (χ1v) is 6.00. The molecule has 2 rings (SSSR count). The minimum absolute atomic E-state index is 0.103. The number of rotatable bonds is 4. The molecule has 1 atom stereocenters. The minimum Gasteiger partial charge on any atom is -0.494 e. The molecule has 0 radical (unpaired) electrons. The SMILES string of the molecule is [2H]C(C)c1ccc(=O)n(-c2ccc(OCC)cc2)c1. The number of nitrogens with zero attached hydrogens (tertiary/aromatic N) is 1. The summed E-state index contributed by atoms with van der Waals surface area (Å²) in [5.74, 6) is 0.782. The van der Waals surface area contributed by atoms with Crippen molar-refractivity contribution < 1.29 is 6.11 Å². The zero-order chi connectivity index (χ0) is 13.8. The van der Waals surface area contributed by atoms with Crippen LogP contribution in [-0.2, 0) is 6.40 Å². The van der Waals surface area contributed by atoms with Gasteiger partial charge in [0.2, 0.25) is 0 Å². The zero-order valence-corrected chi connectivity index (χ0v) is 10.6. The van der Waals surface area contributed by atoms with E-state index in [2.05, 4.69) is 0 Å². The second-order valence-corrected chi connectivity index (χ2v) is 3.89. The molecule has 0 saturated heterocycles. The van der Waals surface area contributed by atoms with Crippen LogP contribution >= 0.6 is 0 Å². The van der Waals surface area contributed by atoms with E-state index >= 15 is 0 Å². The Kier molecular flexibility index (Phi) is 3.41. The first-order valence-electron chi connectivity index (χ1n) is 6.57. The first kappa shape index (κ1) is 11.1. The normalized spacial score (nSPS) is 12.9. The molecular weight excluding hydrogens is 226 g/mol. The van der Waals surface area contributed by atoms with Crippen LogP contribution in [0.3, 0.4) is 0 Å². The molecule has 0 aliphatic heterocycles. The molecule has 2 aromatic rings. The largest absolute Gasteiger partial charge is 0.494 e. The first-order chi connectivity index (χ1) is 9.11. The molecule has 0 aliphatic carbocycles. The molecule has 0 fully saturated rings. The predicted octanol–water partition coefficient (Wildman–Crippen LogP) is 2.80. The van der Waals surface area contributed by atoms with E-state index in [1.165, 1.54) is 6.07 Å². The van der Waals surface area contributed by atoms with Crippen molar-refractivity contribution in [3.8, 4) is 11.4 Å². The van der Waals surface area contributed by atoms with Crippen molar-refractivity contribution in [2.24, 2.45) is 0 Å². The summed E-state index contributed by atoms with van der Waals surface area (Å²) in [5, 5.41) is 0. The van der Waals surface area contributed by atoms with Crippen molar-refractivity contribution in [3.63, 3.8) is 0 Å². The highest BCUT2D eigenvalue weighted by atomic mass is 16.5. The quantitative estimate of drug-likeness (QED) is 0.828. The zero-order valence-electron chi connectivity index (χ0n) is 11.6. The molecule has 0 N–H and O–H groups in total.